The smallest absolute Gasteiger partial charge is 0.421 e. The molecule has 5 aromatic carbocycles. The number of furan rings is 1. The van der Waals surface area contributed by atoms with Crippen LogP contribution in [0.15, 0.2) is 159 Å². The lowest BCUT2D eigenvalue weighted by Gasteiger charge is -2.37. The molecule has 0 spiro atoms. The summed E-state index contributed by atoms with van der Waals surface area (Å²) in [5.41, 5.74) is 5.69. The molecular weight excluding hydrogens is 613 g/mol. The monoisotopic (exact) mass is 649 g/mol. The second kappa shape index (κ2) is 12.8. The van der Waals surface area contributed by atoms with E-state index in [9.17, 15) is 9.18 Å². The predicted octanol–water partition coefficient (Wildman–Crippen LogP) is 8.17. The van der Waals surface area contributed by atoms with Crippen LogP contribution in [0.3, 0.4) is 0 Å². The molecule has 244 valence electrons. The van der Waals surface area contributed by atoms with E-state index < -0.39 is 11.3 Å². The molecule has 7 aromatic rings. The minimum atomic E-state index is -0.999. The molecule has 0 N–H and O–H groups in total. The minimum Gasteiger partial charge on any atom is -0.467 e. The Kier molecular flexibility index (Phi) is 8.07. The van der Waals surface area contributed by atoms with Gasteiger partial charge >= 0.3 is 5.76 Å². The van der Waals surface area contributed by atoms with Crippen molar-refractivity contribution in [1.82, 2.24) is 14.4 Å². The van der Waals surface area contributed by atoms with Crippen LogP contribution in [-0.4, -0.2) is 47.6 Å². The van der Waals surface area contributed by atoms with Crippen LogP contribution in [0.1, 0.15) is 34.1 Å². The topological polar surface area (TPSA) is 54.8 Å². The Morgan fingerprint density at radius 2 is 1.24 bits per heavy atom. The Bertz CT molecular complexity index is 2140. The highest BCUT2D eigenvalue weighted by Crippen LogP contribution is 2.42. The number of nitrogens with zero attached hydrogens (tertiary/aromatic N) is 3. The van der Waals surface area contributed by atoms with Crippen LogP contribution >= 0.6 is 0 Å². The van der Waals surface area contributed by atoms with Gasteiger partial charge in [0.25, 0.3) is 0 Å². The molecule has 0 bridgehead atoms. The van der Waals surface area contributed by atoms with E-state index >= 15 is 0 Å². The van der Waals surface area contributed by atoms with Crippen LogP contribution in [0.4, 0.5) is 4.39 Å². The van der Waals surface area contributed by atoms with Gasteiger partial charge < -0.3 is 13.7 Å². The summed E-state index contributed by atoms with van der Waals surface area (Å²) >= 11 is 0. The fourth-order valence-corrected chi connectivity index (χ4v) is 7.37. The summed E-state index contributed by atoms with van der Waals surface area (Å²) in [5.74, 6) is 0.0584. The third-order valence-electron chi connectivity index (χ3n) is 9.80. The maximum Gasteiger partial charge on any atom is 0.421 e. The number of hydrogen-bond acceptors (Lipinski definition) is 5. The molecule has 0 amide bonds. The summed E-state index contributed by atoms with van der Waals surface area (Å²) in [7, 11) is 2.13. The molecule has 2 aromatic heterocycles. The average Bonchev–Trinajstić information content (AvgIpc) is 3.76. The number of halogens is 1. The van der Waals surface area contributed by atoms with E-state index in [0.717, 1.165) is 65.3 Å². The second-order valence-electron chi connectivity index (χ2n) is 12.7. The number of fused-ring (bicyclic) bond motifs is 1. The predicted molar refractivity (Wildman–Crippen MR) is 190 cm³/mol. The fourth-order valence-electron chi connectivity index (χ4n) is 7.37. The Hall–Kier alpha value is -5.50. The standard InChI is InChI=1S/C42H36FN3O3/c1-44-23-25-45(26-24-44)40(30-17-20-36(43)21-18-30)39-28-32(29-48-39)31-19-22-37-38(27-31)49-41(47)46(37)42(33-11-5-2-6-12-33,34-13-7-3-8-14-34)35-15-9-4-10-16-35/h2-22,27-29,40H,23-26H2,1H3. The van der Waals surface area contributed by atoms with E-state index in [1.165, 1.54) is 12.1 Å². The van der Waals surface area contributed by atoms with Gasteiger partial charge in [0, 0.05) is 31.7 Å². The highest BCUT2D eigenvalue weighted by molar-refractivity contribution is 5.81. The highest BCUT2D eigenvalue weighted by Gasteiger charge is 2.41. The van der Waals surface area contributed by atoms with Gasteiger partial charge in [-0.15, -0.1) is 0 Å². The van der Waals surface area contributed by atoms with Crippen molar-refractivity contribution < 1.29 is 13.2 Å². The number of oxazole rings is 1. The molecule has 0 saturated carbocycles. The molecule has 49 heavy (non-hydrogen) atoms. The summed E-state index contributed by atoms with van der Waals surface area (Å²) in [6.45, 7) is 3.61. The number of piperazine rings is 1. The fraction of sp³-hybridized carbons (Fsp3) is 0.167. The number of hydrogen-bond donors (Lipinski definition) is 0. The largest absolute Gasteiger partial charge is 0.467 e. The molecule has 0 aliphatic carbocycles. The van der Waals surface area contributed by atoms with Gasteiger partial charge in [-0.1, -0.05) is 109 Å². The van der Waals surface area contributed by atoms with Crippen LogP contribution in [0.25, 0.3) is 22.2 Å². The SMILES string of the molecule is CN1CCN(C(c2ccc(F)cc2)c2cc(-c3ccc4c(c3)oc(=O)n4C(c3ccccc3)(c3ccccc3)c3ccccc3)co2)CC1. The van der Waals surface area contributed by atoms with Crippen LogP contribution in [-0.2, 0) is 5.54 Å². The molecule has 3 heterocycles. The molecule has 1 atom stereocenters. The molecule has 6 nitrogen and oxygen atoms in total. The molecule has 7 heteroatoms. The molecular formula is C42H36FN3O3. The van der Waals surface area contributed by atoms with Gasteiger partial charge in [0.1, 0.15) is 17.1 Å². The van der Waals surface area contributed by atoms with Gasteiger partial charge in [0.15, 0.2) is 5.58 Å². The van der Waals surface area contributed by atoms with Crippen molar-refractivity contribution in [3.63, 3.8) is 0 Å². The van der Waals surface area contributed by atoms with Crippen molar-refractivity contribution in [1.29, 1.82) is 0 Å². The Morgan fingerprint density at radius 1 is 0.673 bits per heavy atom. The molecule has 1 aliphatic heterocycles. The first-order chi connectivity index (χ1) is 24.0. The van der Waals surface area contributed by atoms with Gasteiger partial charge in [-0.3, -0.25) is 9.47 Å². The lowest BCUT2D eigenvalue weighted by Crippen LogP contribution is -2.46. The normalized spacial score (nSPS) is 15.1. The first-order valence-electron chi connectivity index (χ1n) is 16.6. The summed E-state index contributed by atoms with van der Waals surface area (Å²) in [6, 6.07) is 44.8. The van der Waals surface area contributed by atoms with E-state index in [0.29, 0.717) is 11.1 Å². The zero-order valence-corrected chi connectivity index (χ0v) is 27.2. The lowest BCUT2D eigenvalue weighted by molar-refractivity contribution is 0.117. The van der Waals surface area contributed by atoms with E-state index in [1.54, 1.807) is 10.8 Å². The van der Waals surface area contributed by atoms with Gasteiger partial charge in [-0.25, -0.2) is 9.18 Å². The van der Waals surface area contributed by atoms with E-state index in [2.05, 4.69) is 53.2 Å². The van der Waals surface area contributed by atoms with Crippen molar-refractivity contribution >= 4 is 11.1 Å². The maximum atomic E-state index is 14.2. The van der Waals surface area contributed by atoms with Crippen LogP contribution < -0.4 is 5.76 Å². The average molecular weight is 650 g/mol. The van der Waals surface area contributed by atoms with Crippen molar-refractivity contribution in [3.05, 3.63) is 190 Å². The van der Waals surface area contributed by atoms with Crippen LogP contribution in [0, 0.1) is 5.82 Å². The molecule has 0 radical (unpaired) electrons. The molecule has 1 unspecified atom stereocenters. The van der Waals surface area contributed by atoms with Crippen molar-refractivity contribution in [2.75, 3.05) is 33.2 Å². The summed E-state index contributed by atoms with van der Waals surface area (Å²) in [4.78, 5) is 18.9. The Balaban J connectivity index is 1.25. The molecule has 8 rings (SSSR count). The van der Waals surface area contributed by atoms with Crippen molar-refractivity contribution in [2.45, 2.75) is 11.6 Å². The van der Waals surface area contributed by atoms with E-state index in [-0.39, 0.29) is 11.9 Å². The third kappa shape index (κ3) is 5.51. The second-order valence-corrected chi connectivity index (χ2v) is 12.7. The van der Waals surface area contributed by atoms with Crippen molar-refractivity contribution in [2.24, 2.45) is 0 Å². The summed E-state index contributed by atoms with van der Waals surface area (Å²) in [5, 5.41) is 0. The maximum absolute atomic E-state index is 14.2. The summed E-state index contributed by atoms with van der Waals surface area (Å²) < 4.78 is 28.1. The first-order valence-corrected chi connectivity index (χ1v) is 16.6. The van der Waals surface area contributed by atoms with Gasteiger partial charge in [-0.05, 0) is 65.2 Å². The van der Waals surface area contributed by atoms with Gasteiger partial charge in [-0.2, -0.15) is 0 Å². The van der Waals surface area contributed by atoms with Gasteiger partial charge in [0.05, 0.1) is 17.8 Å². The van der Waals surface area contributed by atoms with Crippen LogP contribution in [0.5, 0.6) is 0 Å². The van der Waals surface area contributed by atoms with E-state index in [1.807, 2.05) is 91.0 Å². The molecule has 1 aliphatic rings. The quantitative estimate of drug-likeness (QED) is 0.156. The van der Waals surface area contributed by atoms with Crippen molar-refractivity contribution in [3.8, 4) is 11.1 Å². The zero-order chi connectivity index (χ0) is 33.4. The summed E-state index contributed by atoms with van der Waals surface area (Å²) in [6.07, 6.45) is 1.75. The molecule has 1 saturated heterocycles. The number of likely N-dealkylation sites (N-methyl/N-ethyl adjacent to an activating group) is 1. The number of rotatable bonds is 8. The Labute approximate surface area is 284 Å². The first kappa shape index (κ1) is 30.8. The number of benzene rings is 5. The minimum absolute atomic E-state index is 0.158. The third-order valence-corrected chi connectivity index (χ3v) is 9.80. The lowest BCUT2D eigenvalue weighted by atomic mass is 9.76. The van der Waals surface area contributed by atoms with E-state index in [4.69, 9.17) is 8.83 Å². The Morgan fingerprint density at radius 3 is 1.82 bits per heavy atom. The van der Waals surface area contributed by atoms with Crippen LogP contribution in [0.2, 0.25) is 0 Å². The number of aromatic nitrogens is 1. The highest BCUT2D eigenvalue weighted by atomic mass is 19.1. The van der Waals surface area contributed by atoms with Gasteiger partial charge in [0.2, 0.25) is 0 Å². The molecule has 1 fully saturated rings. The zero-order valence-electron chi connectivity index (χ0n) is 27.2.